The van der Waals surface area contributed by atoms with Crippen LogP contribution >= 0.6 is 0 Å². The van der Waals surface area contributed by atoms with E-state index in [1.54, 1.807) is 0 Å². The fraction of sp³-hybridized carbons (Fsp3) is 0. The van der Waals surface area contributed by atoms with Crippen LogP contribution in [-0.4, -0.2) is 66.5 Å². The Hall–Kier alpha value is -6.68. The van der Waals surface area contributed by atoms with Crippen molar-refractivity contribution in [2.45, 2.75) is 0 Å². The van der Waals surface area contributed by atoms with Crippen molar-refractivity contribution in [1.29, 1.82) is 0 Å². The van der Waals surface area contributed by atoms with Crippen molar-refractivity contribution in [1.82, 2.24) is 0 Å². The third kappa shape index (κ3) is 2180. The maximum Gasteiger partial charge on any atom is 2.00 e. The maximum atomic E-state index is 8.25. The molecular formula is H2N12Ni6O37. The molecule has 55 heteroatoms. The molecule has 0 fully saturated rings. The predicted molar refractivity (Wildman–Crippen MR) is 128 cm³/mol. The van der Waals surface area contributed by atoms with Crippen LogP contribution in [0.2, 0.25) is 0 Å². The van der Waals surface area contributed by atoms with E-state index in [9.17, 15) is 0 Å². The van der Waals surface area contributed by atoms with Crippen molar-refractivity contribution in [3.63, 3.8) is 0 Å². The summed E-state index contributed by atoms with van der Waals surface area (Å²) in [6, 6.07) is 0. The van der Waals surface area contributed by atoms with Crippen molar-refractivity contribution in [3.05, 3.63) is 184 Å². The minimum absolute atomic E-state index is 0. The van der Waals surface area contributed by atoms with E-state index >= 15 is 0 Å². The van der Waals surface area contributed by atoms with Gasteiger partial charge in [-0.2, -0.15) is 0 Å². The van der Waals surface area contributed by atoms with Crippen LogP contribution < -0.4 is 0 Å². The van der Waals surface area contributed by atoms with Crippen LogP contribution in [0.4, 0.5) is 0 Å². The first-order valence-electron chi connectivity index (χ1n) is 6.57. The van der Waals surface area contributed by atoms with Gasteiger partial charge in [0.25, 0.3) is 0 Å². The molecule has 344 valence electrons. The van der Waals surface area contributed by atoms with E-state index in [1.165, 1.54) is 0 Å². The molecule has 0 aromatic carbocycles. The minimum Gasteiger partial charge on any atom is -0.412 e. The predicted octanol–water partition coefficient (Wildman–Crippen LogP) is -3.71. The molecule has 0 bridgehead atoms. The zero-order valence-electron chi connectivity index (χ0n) is 22.5. The quantitative estimate of drug-likeness (QED) is 0.128. The summed E-state index contributed by atoms with van der Waals surface area (Å²) in [5, 5.41) is 177. The van der Waals surface area contributed by atoms with Gasteiger partial charge in [0.05, 0.1) is 61.0 Å². The SMILES string of the molecule is O.O=[N+]([O-])[O-].O=[N+]([O-])[O-].O=[N+]([O-])[O-].O=[N+]([O-])[O-].O=[N+]([O-])[O-].O=[N+]([O-])[O-].O=[N+]([O-])[O-].O=[N+]([O-])[O-].O=[N+]([O-])[O-].O=[N+]([O-])[O-].O=[N+]([O-])[O-].O=[N+]([O-])[O-].[Ni+2].[Ni+2].[Ni+2].[Ni+2].[Ni+2].[Ni+2]. The minimum atomic E-state index is -1.75. The summed E-state index contributed by atoms with van der Waals surface area (Å²) >= 11 is 0. The molecule has 0 aromatic rings. The average molecular weight is 1110 g/mol. The van der Waals surface area contributed by atoms with Gasteiger partial charge in [0.1, 0.15) is 0 Å². The van der Waals surface area contributed by atoms with Crippen LogP contribution in [0.5, 0.6) is 0 Å². The Morgan fingerprint density at radius 3 is 0.145 bits per heavy atom. The summed E-state index contributed by atoms with van der Waals surface area (Å²) in [5.41, 5.74) is 0. The van der Waals surface area contributed by atoms with Gasteiger partial charge < -0.3 is 189 Å². The second-order valence-electron chi connectivity index (χ2n) is 2.68. The van der Waals surface area contributed by atoms with Crippen LogP contribution in [-0.2, 0) is 98.9 Å². The molecule has 0 aliphatic heterocycles. The molecule has 0 rings (SSSR count). The van der Waals surface area contributed by atoms with Crippen LogP contribution in [0, 0.1) is 184 Å². The molecule has 0 saturated heterocycles. The van der Waals surface area contributed by atoms with Gasteiger partial charge in [-0.25, -0.2) is 0 Å². The van der Waals surface area contributed by atoms with Gasteiger partial charge in [-0.05, 0) is 0 Å². The second-order valence-corrected chi connectivity index (χ2v) is 2.68. The van der Waals surface area contributed by atoms with Gasteiger partial charge in [0, 0.05) is 0 Å². The van der Waals surface area contributed by atoms with Gasteiger partial charge in [0.15, 0.2) is 0 Å². The first kappa shape index (κ1) is 126. The summed E-state index contributed by atoms with van der Waals surface area (Å²) in [4.78, 5) is 99.0. The van der Waals surface area contributed by atoms with Gasteiger partial charge >= 0.3 is 98.9 Å². The molecule has 0 heterocycles. The van der Waals surface area contributed by atoms with E-state index in [4.69, 9.17) is 184 Å². The summed E-state index contributed by atoms with van der Waals surface area (Å²) in [6.45, 7) is 0. The van der Waals surface area contributed by atoms with Crippen LogP contribution in [0.25, 0.3) is 0 Å². The van der Waals surface area contributed by atoms with E-state index in [0.717, 1.165) is 0 Å². The van der Waals surface area contributed by atoms with E-state index in [-0.39, 0.29) is 104 Å². The molecule has 0 radical (unpaired) electrons. The molecule has 0 amide bonds. The summed E-state index contributed by atoms with van der Waals surface area (Å²) < 4.78 is 0. The molecule has 0 aromatic heterocycles. The zero-order valence-corrected chi connectivity index (χ0v) is 28.4. The Kier molecular flexibility index (Phi) is 270. The Morgan fingerprint density at radius 2 is 0.145 bits per heavy atom. The Balaban J connectivity index is -0.0000000149. The molecule has 49 nitrogen and oxygen atoms in total. The third-order valence-electron chi connectivity index (χ3n) is 0. The first-order valence-corrected chi connectivity index (χ1v) is 6.57. The molecule has 55 heavy (non-hydrogen) atoms. The molecule has 2 N–H and O–H groups in total. The van der Waals surface area contributed by atoms with Crippen LogP contribution in [0.3, 0.4) is 0 Å². The largest absolute Gasteiger partial charge is 2.00 e. The summed E-state index contributed by atoms with van der Waals surface area (Å²) in [7, 11) is 0. The Morgan fingerprint density at radius 1 is 0.145 bits per heavy atom. The zero-order chi connectivity index (χ0) is 42.9. The fourth-order valence-corrected chi connectivity index (χ4v) is 0. The molecule has 0 atom stereocenters. The molecule has 0 unspecified atom stereocenters. The number of rotatable bonds is 0. The fourth-order valence-electron chi connectivity index (χ4n) is 0. The number of hydrogen-bond acceptors (Lipinski definition) is 36. The van der Waals surface area contributed by atoms with E-state index in [2.05, 4.69) is 0 Å². The molecule has 0 spiro atoms. The summed E-state index contributed by atoms with van der Waals surface area (Å²) in [6.07, 6.45) is 0. The van der Waals surface area contributed by atoms with E-state index in [1.807, 2.05) is 0 Å². The molecule has 0 saturated carbocycles. The van der Waals surface area contributed by atoms with Gasteiger partial charge in [0.2, 0.25) is 0 Å². The van der Waals surface area contributed by atoms with Crippen molar-refractivity contribution >= 4 is 0 Å². The first-order chi connectivity index (χ1) is 20.8. The van der Waals surface area contributed by atoms with Crippen molar-refractivity contribution < 1.29 is 165 Å². The molecular weight excluding hydrogens is 1110 g/mol. The average Bonchev–Trinajstić information content (AvgIpc) is 2.61. The molecule has 0 aliphatic carbocycles. The van der Waals surface area contributed by atoms with Crippen molar-refractivity contribution in [2.24, 2.45) is 0 Å². The number of nitrogens with zero attached hydrogens (tertiary/aromatic N) is 12. The van der Waals surface area contributed by atoms with Gasteiger partial charge in [-0.1, -0.05) is 0 Å². The van der Waals surface area contributed by atoms with E-state index in [0.29, 0.717) is 0 Å². The normalized spacial score (nSPS) is 5.24. The Bertz CT molecular complexity index is 601. The monoisotopic (exact) mass is 1110 g/mol. The summed E-state index contributed by atoms with van der Waals surface area (Å²) in [5.74, 6) is 0. The van der Waals surface area contributed by atoms with Crippen LogP contribution in [0.1, 0.15) is 0 Å². The second kappa shape index (κ2) is 118. The van der Waals surface area contributed by atoms with Crippen molar-refractivity contribution in [3.8, 4) is 0 Å². The smallest absolute Gasteiger partial charge is 0.412 e. The number of hydrogen-bond donors (Lipinski definition) is 0. The van der Waals surface area contributed by atoms with Crippen molar-refractivity contribution in [2.75, 3.05) is 0 Å². The topological polar surface area (TPSA) is 826 Å². The van der Waals surface area contributed by atoms with Gasteiger partial charge in [-0.15, -0.1) is 0 Å². The Labute approximate surface area is 348 Å². The third-order valence-corrected chi connectivity index (χ3v) is 0. The standard InChI is InChI=1S/12NO3.6Ni.H2O/c12*2-1(3)4;;;;;;;/h;;;;;;;;;;;;;;;;;;1H2/q12*-1;6*+2;. The van der Waals surface area contributed by atoms with E-state index < -0.39 is 61.0 Å². The van der Waals surface area contributed by atoms with Gasteiger partial charge in [-0.3, -0.25) is 0 Å². The molecule has 0 aliphatic rings. The van der Waals surface area contributed by atoms with Crippen LogP contribution in [0.15, 0.2) is 0 Å². The maximum absolute atomic E-state index is 8.25.